The van der Waals surface area contributed by atoms with E-state index in [1.807, 2.05) is 24.3 Å². The molecule has 0 spiro atoms. The number of H-pyrrole nitrogens is 2. The van der Waals surface area contributed by atoms with Crippen LogP contribution in [0, 0.1) is 0 Å². The van der Waals surface area contributed by atoms with Crippen LogP contribution in [0.3, 0.4) is 0 Å². The van der Waals surface area contributed by atoms with Crippen LogP contribution in [0.15, 0.2) is 40.4 Å². The Labute approximate surface area is 166 Å². The van der Waals surface area contributed by atoms with Crippen LogP contribution in [0.1, 0.15) is 16.8 Å². The summed E-state index contributed by atoms with van der Waals surface area (Å²) in [5.41, 5.74) is 3.54. The maximum Gasteiger partial charge on any atom is 0.256 e. The van der Waals surface area contributed by atoms with E-state index in [4.69, 9.17) is 11.6 Å². The number of fused-ring (bicyclic) bond motifs is 1. The van der Waals surface area contributed by atoms with E-state index in [2.05, 4.69) is 25.1 Å². The average molecular weight is 420 g/mol. The molecule has 3 aromatic rings. The quantitative estimate of drug-likeness (QED) is 0.623. The first-order chi connectivity index (χ1) is 13.3. The number of halogens is 1. The van der Waals surface area contributed by atoms with Crippen molar-refractivity contribution in [3.63, 3.8) is 0 Å². The Bertz CT molecular complexity index is 1180. The molecule has 2 aromatic heterocycles. The Morgan fingerprint density at radius 1 is 1.25 bits per heavy atom. The standard InChI is InChI=1S/C18H18ClN5O3S/c1-28(26,27)18-21-15-6-7-24(10-14(15)17(25)22-18)9-12-8-20-23-16(12)11-2-4-13(19)5-3-11/h2-5,8H,6-7,9-10H2,1H3,(H,20,23)(H,21,22,25). The van der Waals surface area contributed by atoms with E-state index in [0.717, 1.165) is 23.1 Å². The number of hydrogen-bond acceptors (Lipinski definition) is 6. The van der Waals surface area contributed by atoms with Gasteiger partial charge in [-0.3, -0.25) is 19.8 Å². The van der Waals surface area contributed by atoms with Gasteiger partial charge in [0.25, 0.3) is 5.56 Å². The van der Waals surface area contributed by atoms with Crippen LogP contribution < -0.4 is 5.56 Å². The van der Waals surface area contributed by atoms with Gasteiger partial charge in [-0.2, -0.15) is 5.10 Å². The minimum atomic E-state index is -3.55. The van der Waals surface area contributed by atoms with Gasteiger partial charge in [-0.1, -0.05) is 23.7 Å². The predicted molar refractivity (Wildman–Crippen MR) is 105 cm³/mol. The molecule has 2 N–H and O–H groups in total. The highest BCUT2D eigenvalue weighted by atomic mass is 35.5. The van der Waals surface area contributed by atoms with Crippen molar-refractivity contribution < 1.29 is 8.42 Å². The highest BCUT2D eigenvalue weighted by Gasteiger charge is 2.24. The van der Waals surface area contributed by atoms with E-state index in [9.17, 15) is 13.2 Å². The zero-order valence-corrected chi connectivity index (χ0v) is 16.6. The first-order valence-electron chi connectivity index (χ1n) is 8.64. The van der Waals surface area contributed by atoms with E-state index in [-0.39, 0.29) is 5.16 Å². The minimum absolute atomic E-state index is 0.274. The Morgan fingerprint density at radius 2 is 2.00 bits per heavy atom. The largest absolute Gasteiger partial charge is 0.297 e. The lowest BCUT2D eigenvalue weighted by Gasteiger charge is -2.27. The second kappa shape index (κ2) is 7.16. The van der Waals surface area contributed by atoms with Gasteiger partial charge in [-0.15, -0.1) is 0 Å². The number of sulfone groups is 1. The second-order valence-corrected chi connectivity index (χ2v) is 9.17. The van der Waals surface area contributed by atoms with Gasteiger partial charge in [0.15, 0.2) is 0 Å². The Morgan fingerprint density at radius 3 is 2.71 bits per heavy atom. The fourth-order valence-corrected chi connectivity index (χ4v) is 3.99. The van der Waals surface area contributed by atoms with Crippen molar-refractivity contribution in [3.05, 3.63) is 62.7 Å². The maximum atomic E-state index is 12.4. The maximum absolute atomic E-state index is 12.4. The van der Waals surface area contributed by atoms with Crippen molar-refractivity contribution in [2.45, 2.75) is 24.7 Å². The fraction of sp³-hybridized carbons (Fsp3) is 0.278. The zero-order valence-electron chi connectivity index (χ0n) is 15.1. The molecule has 146 valence electrons. The van der Waals surface area contributed by atoms with E-state index >= 15 is 0 Å². The van der Waals surface area contributed by atoms with Crippen molar-refractivity contribution >= 4 is 21.4 Å². The third-order valence-electron chi connectivity index (χ3n) is 4.72. The molecule has 28 heavy (non-hydrogen) atoms. The number of rotatable bonds is 4. The number of benzene rings is 1. The van der Waals surface area contributed by atoms with Gasteiger partial charge < -0.3 is 0 Å². The van der Waals surface area contributed by atoms with Crippen LogP contribution >= 0.6 is 11.6 Å². The summed E-state index contributed by atoms with van der Waals surface area (Å²) in [6.07, 6.45) is 3.31. The first-order valence-corrected chi connectivity index (χ1v) is 10.9. The van der Waals surface area contributed by atoms with E-state index in [0.29, 0.717) is 42.3 Å². The molecular formula is C18H18ClN5O3S. The molecule has 0 bridgehead atoms. The minimum Gasteiger partial charge on any atom is -0.297 e. The molecule has 0 saturated carbocycles. The molecule has 3 heterocycles. The summed E-state index contributed by atoms with van der Waals surface area (Å²) < 4.78 is 23.4. The number of aromatic amines is 2. The van der Waals surface area contributed by atoms with Crippen molar-refractivity contribution in [3.8, 4) is 11.3 Å². The SMILES string of the molecule is CS(=O)(=O)c1nc2c(c(=O)[nH]1)CN(Cc1cn[nH]c1-c1ccc(Cl)cc1)CC2. The van der Waals surface area contributed by atoms with Crippen LogP contribution in [0.2, 0.25) is 5.02 Å². The summed E-state index contributed by atoms with van der Waals surface area (Å²) in [4.78, 5) is 21.0. The highest BCUT2D eigenvalue weighted by Crippen LogP contribution is 2.25. The third kappa shape index (κ3) is 3.73. The van der Waals surface area contributed by atoms with E-state index < -0.39 is 15.4 Å². The molecule has 0 atom stereocenters. The molecule has 0 radical (unpaired) electrons. The van der Waals surface area contributed by atoms with Gasteiger partial charge in [0.2, 0.25) is 15.0 Å². The molecule has 0 unspecified atom stereocenters. The molecule has 1 aliphatic rings. The number of nitrogens with one attached hydrogen (secondary N) is 2. The first kappa shape index (κ1) is 18.9. The topological polar surface area (TPSA) is 112 Å². The molecule has 1 aliphatic heterocycles. The summed E-state index contributed by atoms with van der Waals surface area (Å²) in [6.45, 7) is 1.66. The second-order valence-electron chi connectivity index (χ2n) is 6.81. The predicted octanol–water partition coefficient (Wildman–Crippen LogP) is 1.78. The van der Waals surface area contributed by atoms with E-state index in [1.165, 1.54) is 0 Å². The fourth-order valence-electron chi connectivity index (χ4n) is 3.31. The molecule has 0 fully saturated rings. The zero-order chi connectivity index (χ0) is 19.9. The summed E-state index contributed by atoms with van der Waals surface area (Å²) >= 11 is 5.96. The normalized spacial score (nSPS) is 14.8. The van der Waals surface area contributed by atoms with Gasteiger partial charge in [0, 0.05) is 42.9 Å². The number of aromatic nitrogens is 4. The number of nitrogens with zero attached hydrogens (tertiary/aromatic N) is 3. The average Bonchev–Trinajstić information content (AvgIpc) is 3.10. The lowest BCUT2D eigenvalue weighted by Crippen LogP contribution is -2.36. The molecule has 1 aromatic carbocycles. The molecule has 0 saturated heterocycles. The third-order valence-corrected chi connectivity index (χ3v) is 5.87. The summed E-state index contributed by atoms with van der Waals surface area (Å²) in [5.74, 6) is 0. The molecule has 8 nitrogen and oxygen atoms in total. The van der Waals surface area contributed by atoms with Crippen LogP contribution in [-0.2, 0) is 29.3 Å². The van der Waals surface area contributed by atoms with Crippen molar-refractivity contribution in [1.82, 2.24) is 25.1 Å². The Hall–Kier alpha value is -2.49. The highest BCUT2D eigenvalue weighted by molar-refractivity contribution is 7.90. The van der Waals surface area contributed by atoms with Crippen molar-refractivity contribution in [2.75, 3.05) is 12.8 Å². The van der Waals surface area contributed by atoms with Crippen molar-refractivity contribution in [2.24, 2.45) is 0 Å². The summed E-state index contributed by atoms with van der Waals surface area (Å²) in [7, 11) is -3.55. The van der Waals surface area contributed by atoms with Gasteiger partial charge in [0.05, 0.1) is 23.1 Å². The molecule has 10 heteroatoms. The smallest absolute Gasteiger partial charge is 0.256 e. The summed E-state index contributed by atoms with van der Waals surface area (Å²) in [6, 6.07) is 7.49. The van der Waals surface area contributed by atoms with E-state index in [1.54, 1.807) is 6.20 Å². The number of hydrogen-bond donors (Lipinski definition) is 2. The van der Waals surface area contributed by atoms with Gasteiger partial charge in [0.1, 0.15) is 0 Å². The van der Waals surface area contributed by atoms with Crippen LogP contribution in [0.4, 0.5) is 0 Å². The monoisotopic (exact) mass is 419 g/mol. The van der Waals surface area contributed by atoms with Crippen LogP contribution in [0.5, 0.6) is 0 Å². The van der Waals surface area contributed by atoms with Crippen molar-refractivity contribution in [1.29, 1.82) is 0 Å². The Balaban J connectivity index is 1.58. The van der Waals surface area contributed by atoms with Gasteiger partial charge in [-0.05, 0) is 17.7 Å². The molecule has 4 rings (SSSR count). The lowest BCUT2D eigenvalue weighted by molar-refractivity contribution is 0.241. The molecule has 0 amide bonds. The van der Waals surface area contributed by atoms with Crippen LogP contribution in [-0.4, -0.2) is 46.3 Å². The van der Waals surface area contributed by atoms with Crippen LogP contribution in [0.25, 0.3) is 11.3 Å². The summed E-state index contributed by atoms with van der Waals surface area (Å²) in [5, 5.41) is 7.57. The van der Waals surface area contributed by atoms with Gasteiger partial charge in [-0.25, -0.2) is 13.4 Å². The van der Waals surface area contributed by atoms with Gasteiger partial charge >= 0.3 is 0 Å². The Kier molecular flexibility index (Phi) is 4.82. The lowest BCUT2D eigenvalue weighted by atomic mass is 10.0. The molecule has 0 aliphatic carbocycles. The molecular weight excluding hydrogens is 402 g/mol.